The van der Waals surface area contributed by atoms with Crippen molar-refractivity contribution in [2.75, 3.05) is 31.3 Å². The van der Waals surface area contributed by atoms with E-state index in [1.165, 1.54) is 30.2 Å². The number of pyridine rings is 1. The van der Waals surface area contributed by atoms with E-state index in [2.05, 4.69) is 4.98 Å². The fourth-order valence-corrected chi connectivity index (χ4v) is 4.88. The van der Waals surface area contributed by atoms with Crippen molar-refractivity contribution in [1.29, 1.82) is 0 Å². The Hall–Kier alpha value is -1.61. The molecular formula is C18H20ClN3O3S2. The third-order valence-electron chi connectivity index (χ3n) is 4.31. The number of carbonyl (C=O) groups excluding carboxylic acids is 1. The summed E-state index contributed by atoms with van der Waals surface area (Å²) in [5, 5.41) is 1.14. The molecule has 1 aliphatic heterocycles. The summed E-state index contributed by atoms with van der Waals surface area (Å²) in [6.07, 6.45) is 3.18. The third kappa shape index (κ3) is 4.29. The van der Waals surface area contributed by atoms with Crippen molar-refractivity contribution in [2.45, 2.75) is 22.8 Å². The van der Waals surface area contributed by atoms with Crippen LogP contribution in [0, 0.1) is 0 Å². The lowest BCUT2D eigenvalue weighted by Crippen LogP contribution is -2.37. The minimum Gasteiger partial charge on any atom is -0.311 e. The van der Waals surface area contributed by atoms with Crippen molar-refractivity contribution in [3.63, 3.8) is 0 Å². The summed E-state index contributed by atoms with van der Waals surface area (Å²) < 4.78 is 25.9. The summed E-state index contributed by atoms with van der Waals surface area (Å²) in [4.78, 5) is 18.9. The summed E-state index contributed by atoms with van der Waals surface area (Å²) >= 11 is 7.39. The molecule has 0 atom stereocenters. The Morgan fingerprint density at radius 1 is 1.33 bits per heavy atom. The van der Waals surface area contributed by atoms with E-state index in [0.717, 1.165) is 24.1 Å². The van der Waals surface area contributed by atoms with Gasteiger partial charge in [0.25, 0.3) is 0 Å². The van der Waals surface area contributed by atoms with Crippen LogP contribution in [0.25, 0.3) is 0 Å². The van der Waals surface area contributed by atoms with Crippen molar-refractivity contribution < 1.29 is 13.2 Å². The maximum atomic E-state index is 12.7. The molecule has 3 rings (SSSR count). The number of aromatic nitrogens is 1. The second kappa shape index (κ2) is 8.18. The van der Waals surface area contributed by atoms with Crippen LogP contribution in [0.1, 0.15) is 12.0 Å². The van der Waals surface area contributed by atoms with Crippen LogP contribution in [0.5, 0.6) is 0 Å². The zero-order valence-corrected chi connectivity index (χ0v) is 17.4. The summed E-state index contributed by atoms with van der Waals surface area (Å²) in [6, 6.07) is 8.44. The van der Waals surface area contributed by atoms with E-state index in [1.54, 1.807) is 41.4 Å². The molecule has 0 aliphatic carbocycles. The lowest BCUT2D eigenvalue weighted by molar-refractivity contribution is -0.116. The molecule has 1 aromatic carbocycles. The van der Waals surface area contributed by atoms with Crippen molar-refractivity contribution >= 4 is 45.0 Å². The number of carbonyl (C=O) groups is 1. The normalized spacial score (nSPS) is 14.3. The molecule has 2 aromatic rings. The van der Waals surface area contributed by atoms with Crippen LogP contribution in [0.15, 0.2) is 46.5 Å². The maximum absolute atomic E-state index is 12.7. The van der Waals surface area contributed by atoms with Gasteiger partial charge in [-0.1, -0.05) is 23.4 Å². The van der Waals surface area contributed by atoms with Gasteiger partial charge < -0.3 is 4.90 Å². The Labute approximate surface area is 168 Å². The molecule has 27 heavy (non-hydrogen) atoms. The van der Waals surface area contributed by atoms with E-state index in [-0.39, 0.29) is 16.6 Å². The summed E-state index contributed by atoms with van der Waals surface area (Å²) in [5.41, 5.74) is 1.65. The molecule has 0 saturated heterocycles. The second-order valence-electron chi connectivity index (χ2n) is 6.31. The molecule has 1 amide bonds. The molecule has 0 radical (unpaired) electrons. The van der Waals surface area contributed by atoms with Gasteiger partial charge in [-0.2, -0.15) is 0 Å². The number of fused-ring (bicyclic) bond motifs is 1. The molecule has 144 valence electrons. The van der Waals surface area contributed by atoms with Gasteiger partial charge in [-0.05, 0) is 48.7 Å². The molecule has 6 nitrogen and oxygen atoms in total. The number of sulfonamides is 1. The standard InChI is InChI=1S/C18H20ClN3O3S2/c1-21(2)27(24,25)14-7-8-16-13(11-14)5-4-10-22(16)17(23)12-26-18-15(19)6-3-9-20-18/h3,6-9,11H,4-5,10,12H2,1-2H3. The highest BCUT2D eigenvalue weighted by Gasteiger charge is 2.25. The SMILES string of the molecule is CN(C)S(=O)(=O)c1ccc2c(c1)CCCN2C(=O)CSc1ncccc1Cl. The molecular weight excluding hydrogens is 406 g/mol. The monoisotopic (exact) mass is 425 g/mol. The molecule has 0 N–H and O–H groups in total. The molecule has 1 aliphatic rings. The van der Waals surface area contributed by atoms with Gasteiger partial charge in [0.2, 0.25) is 15.9 Å². The number of hydrogen-bond acceptors (Lipinski definition) is 5. The molecule has 0 fully saturated rings. The number of rotatable bonds is 5. The van der Waals surface area contributed by atoms with Gasteiger partial charge in [0.05, 0.1) is 15.7 Å². The van der Waals surface area contributed by atoms with Gasteiger partial charge in [0.15, 0.2) is 0 Å². The Morgan fingerprint density at radius 2 is 2.11 bits per heavy atom. The Kier molecular flexibility index (Phi) is 6.10. The summed E-state index contributed by atoms with van der Waals surface area (Å²) in [6.45, 7) is 0.613. The van der Waals surface area contributed by atoms with E-state index in [9.17, 15) is 13.2 Å². The molecule has 1 aromatic heterocycles. The molecule has 0 spiro atoms. The number of thioether (sulfide) groups is 1. The smallest absolute Gasteiger partial charge is 0.242 e. The lowest BCUT2D eigenvalue weighted by Gasteiger charge is -2.30. The third-order valence-corrected chi connectivity index (χ3v) is 7.52. The minimum atomic E-state index is -3.50. The van der Waals surface area contributed by atoms with Gasteiger partial charge in [0, 0.05) is 32.5 Å². The predicted molar refractivity (Wildman–Crippen MR) is 108 cm³/mol. The highest BCUT2D eigenvalue weighted by Crippen LogP contribution is 2.31. The first kappa shape index (κ1) is 20.1. The van der Waals surface area contributed by atoms with Crippen LogP contribution in [0.2, 0.25) is 5.02 Å². The average Bonchev–Trinajstić information content (AvgIpc) is 2.66. The highest BCUT2D eigenvalue weighted by atomic mass is 35.5. The lowest BCUT2D eigenvalue weighted by atomic mass is 10.0. The Balaban J connectivity index is 1.80. The first-order chi connectivity index (χ1) is 12.8. The van der Waals surface area contributed by atoms with Crippen LogP contribution < -0.4 is 4.90 Å². The van der Waals surface area contributed by atoms with E-state index in [0.29, 0.717) is 16.6 Å². The van der Waals surface area contributed by atoms with Gasteiger partial charge in [0.1, 0.15) is 5.03 Å². The first-order valence-corrected chi connectivity index (χ1v) is 11.2. The van der Waals surface area contributed by atoms with E-state index in [4.69, 9.17) is 11.6 Å². The van der Waals surface area contributed by atoms with Gasteiger partial charge in [-0.15, -0.1) is 0 Å². The van der Waals surface area contributed by atoms with Crippen molar-refractivity contribution in [1.82, 2.24) is 9.29 Å². The van der Waals surface area contributed by atoms with Crippen molar-refractivity contribution in [3.05, 3.63) is 47.1 Å². The van der Waals surface area contributed by atoms with E-state index >= 15 is 0 Å². The number of amides is 1. The number of anilines is 1. The number of aryl methyl sites for hydroxylation is 1. The predicted octanol–water partition coefficient (Wildman–Crippen LogP) is 3.06. The Morgan fingerprint density at radius 3 is 2.81 bits per heavy atom. The van der Waals surface area contributed by atoms with Crippen LogP contribution in [-0.2, 0) is 21.2 Å². The highest BCUT2D eigenvalue weighted by molar-refractivity contribution is 8.00. The minimum absolute atomic E-state index is 0.0501. The quantitative estimate of drug-likeness (QED) is 0.688. The molecule has 9 heteroatoms. The average molecular weight is 426 g/mol. The van der Waals surface area contributed by atoms with Crippen molar-refractivity contribution in [3.8, 4) is 0 Å². The van der Waals surface area contributed by atoms with E-state index < -0.39 is 10.0 Å². The fourth-order valence-electron chi connectivity index (χ4n) is 2.89. The largest absolute Gasteiger partial charge is 0.311 e. The number of halogens is 1. The van der Waals surface area contributed by atoms with Crippen molar-refractivity contribution in [2.24, 2.45) is 0 Å². The number of nitrogens with zero attached hydrogens (tertiary/aromatic N) is 3. The summed E-state index contributed by atoms with van der Waals surface area (Å²) in [5.74, 6) is 0.166. The zero-order valence-electron chi connectivity index (χ0n) is 15.1. The molecule has 2 heterocycles. The van der Waals surface area contributed by atoms with Crippen LogP contribution in [0.3, 0.4) is 0 Å². The zero-order chi connectivity index (χ0) is 19.6. The van der Waals surface area contributed by atoms with Crippen LogP contribution in [-0.4, -0.2) is 50.0 Å². The van der Waals surface area contributed by atoms with Gasteiger partial charge in [-0.25, -0.2) is 17.7 Å². The Bertz CT molecular complexity index is 964. The molecule has 0 saturated carbocycles. The molecule has 0 bridgehead atoms. The fraction of sp³-hybridized carbons (Fsp3) is 0.333. The van der Waals surface area contributed by atoms with Crippen LogP contribution >= 0.6 is 23.4 Å². The summed E-state index contributed by atoms with van der Waals surface area (Å²) in [7, 11) is -0.487. The number of hydrogen-bond donors (Lipinski definition) is 0. The topological polar surface area (TPSA) is 70.6 Å². The molecule has 0 unspecified atom stereocenters. The number of benzene rings is 1. The maximum Gasteiger partial charge on any atom is 0.242 e. The van der Waals surface area contributed by atoms with E-state index in [1.807, 2.05) is 0 Å². The van der Waals surface area contributed by atoms with Gasteiger partial charge in [-0.3, -0.25) is 4.79 Å². The second-order valence-corrected chi connectivity index (χ2v) is 9.83. The first-order valence-electron chi connectivity index (χ1n) is 8.40. The van der Waals surface area contributed by atoms with Crippen LogP contribution in [0.4, 0.5) is 5.69 Å². The van der Waals surface area contributed by atoms with Gasteiger partial charge >= 0.3 is 0 Å².